The van der Waals surface area contributed by atoms with Gasteiger partial charge in [-0.1, -0.05) is 0 Å². The molecule has 2 rings (SSSR count). The summed E-state index contributed by atoms with van der Waals surface area (Å²) in [7, 11) is 1.55. The quantitative estimate of drug-likeness (QED) is 0.668. The van der Waals surface area contributed by atoms with E-state index in [2.05, 4.69) is 4.98 Å². The van der Waals surface area contributed by atoms with Crippen LogP contribution < -0.4 is 0 Å². The topological polar surface area (TPSA) is 96.6 Å². The van der Waals surface area contributed by atoms with Gasteiger partial charge in [0.05, 0.1) is 28.0 Å². The van der Waals surface area contributed by atoms with Gasteiger partial charge >= 0.3 is 0 Å². The molecule has 1 heterocycles. The number of hydrogen-bond acceptors (Lipinski definition) is 5. The number of amides is 1. The molecule has 0 bridgehead atoms. The minimum absolute atomic E-state index is 0.0885. The number of benzene rings is 1. The van der Waals surface area contributed by atoms with Crippen molar-refractivity contribution >= 4 is 22.5 Å². The molecule has 0 unspecified atom stereocenters. The first-order valence-corrected chi connectivity index (χ1v) is 5.94. The summed E-state index contributed by atoms with van der Waals surface area (Å²) >= 11 is 0. The number of nitro groups is 1. The third-order valence-corrected chi connectivity index (χ3v) is 2.96. The monoisotopic (exact) mass is 275 g/mol. The molecule has 0 spiro atoms. The van der Waals surface area contributed by atoms with E-state index in [-0.39, 0.29) is 35.8 Å². The molecule has 20 heavy (non-hydrogen) atoms. The van der Waals surface area contributed by atoms with Crippen molar-refractivity contribution in [3.8, 4) is 0 Å². The number of likely N-dealkylation sites (N-methyl/N-ethyl adjacent to an activating group) is 1. The Kier molecular flexibility index (Phi) is 3.90. The van der Waals surface area contributed by atoms with Crippen molar-refractivity contribution in [3.05, 3.63) is 46.1 Å². The second-order valence-electron chi connectivity index (χ2n) is 4.24. The minimum atomic E-state index is -0.504. The predicted molar refractivity (Wildman–Crippen MR) is 72.4 cm³/mol. The molecular weight excluding hydrogens is 262 g/mol. The van der Waals surface area contributed by atoms with Gasteiger partial charge in [-0.25, -0.2) is 0 Å². The molecule has 0 atom stereocenters. The van der Waals surface area contributed by atoms with Crippen molar-refractivity contribution in [2.45, 2.75) is 0 Å². The van der Waals surface area contributed by atoms with Crippen molar-refractivity contribution in [2.75, 3.05) is 20.2 Å². The zero-order chi connectivity index (χ0) is 14.7. The van der Waals surface area contributed by atoms with Gasteiger partial charge in [-0.05, 0) is 18.2 Å². The van der Waals surface area contributed by atoms with Crippen LogP contribution in [0.15, 0.2) is 30.5 Å². The largest absolute Gasteiger partial charge is 0.395 e. The molecule has 0 saturated heterocycles. The molecule has 0 fully saturated rings. The van der Waals surface area contributed by atoms with E-state index in [4.69, 9.17) is 5.11 Å². The molecule has 1 aromatic carbocycles. The molecule has 0 saturated carbocycles. The Morgan fingerprint density at radius 1 is 1.45 bits per heavy atom. The molecule has 1 aromatic heterocycles. The van der Waals surface area contributed by atoms with E-state index in [0.29, 0.717) is 5.39 Å². The van der Waals surface area contributed by atoms with E-state index in [1.807, 2.05) is 0 Å². The van der Waals surface area contributed by atoms with E-state index in [1.165, 1.54) is 23.2 Å². The Labute approximate surface area is 114 Å². The number of hydrogen-bond donors (Lipinski definition) is 1. The van der Waals surface area contributed by atoms with Gasteiger partial charge in [0.2, 0.25) is 0 Å². The Morgan fingerprint density at radius 2 is 2.20 bits per heavy atom. The number of carbonyl (C=O) groups is 1. The maximum Gasteiger partial charge on any atom is 0.278 e. The minimum Gasteiger partial charge on any atom is -0.395 e. The lowest BCUT2D eigenvalue weighted by molar-refractivity contribution is -0.383. The number of aromatic nitrogens is 1. The molecule has 7 nitrogen and oxygen atoms in total. The summed E-state index contributed by atoms with van der Waals surface area (Å²) in [6.45, 7) is 0.0325. The average molecular weight is 275 g/mol. The van der Waals surface area contributed by atoms with Crippen molar-refractivity contribution in [2.24, 2.45) is 0 Å². The normalized spacial score (nSPS) is 10.5. The Morgan fingerprint density at radius 3 is 2.85 bits per heavy atom. The first-order valence-electron chi connectivity index (χ1n) is 5.94. The van der Waals surface area contributed by atoms with Gasteiger partial charge in [0.25, 0.3) is 11.6 Å². The number of carbonyl (C=O) groups excluding carboxylic acids is 1. The van der Waals surface area contributed by atoms with Crippen LogP contribution in [0.25, 0.3) is 10.9 Å². The second kappa shape index (κ2) is 5.62. The highest BCUT2D eigenvalue weighted by molar-refractivity contribution is 6.07. The number of nitrogens with zero attached hydrogens (tertiary/aromatic N) is 3. The number of aliphatic hydroxyl groups excluding tert-OH is 1. The molecule has 2 aromatic rings. The summed E-state index contributed by atoms with van der Waals surface area (Å²) in [5, 5.41) is 20.2. The third-order valence-electron chi connectivity index (χ3n) is 2.96. The molecule has 0 aliphatic rings. The van der Waals surface area contributed by atoms with Gasteiger partial charge in [-0.3, -0.25) is 19.9 Å². The number of non-ortho nitro benzene ring substituents is 1. The number of rotatable bonds is 4. The fraction of sp³-hybridized carbons (Fsp3) is 0.231. The van der Waals surface area contributed by atoms with E-state index in [1.54, 1.807) is 19.2 Å². The fourth-order valence-corrected chi connectivity index (χ4v) is 1.95. The molecular formula is C13H13N3O4. The van der Waals surface area contributed by atoms with Crippen molar-refractivity contribution in [1.29, 1.82) is 0 Å². The summed E-state index contributed by atoms with van der Waals surface area (Å²) < 4.78 is 0. The van der Waals surface area contributed by atoms with Gasteiger partial charge in [-0.15, -0.1) is 0 Å². The second-order valence-corrected chi connectivity index (χ2v) is 4.24. The van der Waals surface area contributed by atoms with E-state index in [9.17, 15) is 14.9 Å². The van der Waals surface area contributed by atoms with Gasteiger partial charge in [0.15, 0.2) is 0 Å². The van der Waals surface area contributed by atoms with Gasteiger partial charge in [-0.2, -0.15) is 0 Å². The van der Waals surface area contributed by atoms with Crippen LogP contribution in [0.4, 0.5) is 5.69 Å². The van der Waals surface area contributed by atoms with Gasteiger partial charge in [0.1, 0.15) is 0 Å². The van der Waals surface area contributed by atoms with Gasteiger partial charge in [0, 0.05) is 25.9 Å². The van der Waals surface area contributed by atoms with Crippen LogP contribution in [0, 0.1) is 10.1 Å². The zero-order valence-corrected chi connectivity index (χ0v) is 10.8. The van der Waals surface area contributed by atoms with E-state index < -0.39 is 4.92 Å². The Bertz CT molecular complexity index is 672. The summed E-state index contributed by atoms with van der Waals surface area (Å²) in [4.78, 5) is 28.1. The summed E-state index contributed by atoms with van der Waals surface area (Å²) in [6, 6.07) is 5.83. The smallest absolute Gasteiger partial charge is 0.278 e. The predicted octanol–water partition coefficient (Wildman–Crippen LogP) is 1.21. The van der Waals surface area contributed by atoms with Crippen molar-refractivity contribution < 1.29 is 14.8 Å². The summed E-state index contributed by atoms with van der Waals surface area (Å²) in [6.07, 6.45) is 1.48. The maximum atomic E-state index is 12.2. The molecule has 1 N–H and O–H groups in total. The van der Waals surface area contributed by atoms with E-state index >= 15 is 0 Å². The highest BCUT2D eigenvalue weighted by Gasteiger charge is 2.20. The number of pyridine rings is 1. The van der Waals surface area contributed by atoms with Crippen molar-refractivity contribution in [1.82, 2.24) is 9.88 Å². The van der Waals surface area contributed by atoms with Gasteiger partial charge < -0.3 is 10.0 Å². The first-order chi connectivity index (χ1) is 9.56. The maximum absolute atomic E-state index is 12.2. The van der Waals surface area contributed by atoms with Crippen LogP contribution in [-0.2, 0) is 0 Å². The lowest BCUT2D eigenvalue weighted by Crippen LogP contribution is -2.29. The van der Waals surface area contributed by atoms with E-state index in [0.717, 1.165) is 0 Å². The molecule has 1 amide bonds. The molecule has 0 radical (unpaired) electrons. The lowest BCUT2D eigenvalue weighted by Gasteiger charge is -2.16. The van der Waals surface area contributed by atoms with Crippen LogP contribution in [-0.4, -0.2) is 46.0 Å². The van der Waals surface area contributed by atoms with Crippen LogP contribution in [0.2, 0.25) is 0 Å². The molecule has 0 aliphatic heterocycles. The third kappa shape index (κ3) is 2.43. The Hall–Kier alpha value is -2.54. The van der Waals surface area contributed by atoms with Crippen LogP contribution in [0.3, 0.4) is 0 Å². The number of nitro benzene ring substituents is 1. The van der Waals surface area contributed by atoms with Crippen LogP contribution in [0.1, 0.15) is 10.4 Å². The highest BCUT2D eigenvalue weighted by atomic mass is 16.6. The zero-order valence-electron chi connectivity index (χ0n) is 10.8. The standard InChI is InChI=1S/C13H13N3O4/c1-15(7-8-17)13(18)10-4-5-11(16(19)20)9-3-2-6-14-12(9)10/h2-6,17H,7-8H2,1H3. The summed E-state index contributed by atoms with van der Waals surface area (Å²) in [5.41, 5.74) is 0.480. The first kappa shape index (κ1) is 13.9. The molecule has 0 aliphatic carbocycles. The number of fused-ring (bicyclic) bond motifs is 1. The van der Waals surface area contributed by atoms with Crippen LogP contribution in [0.5, 0.6) is 0 Å². The Balaban J connectivity index is 2.59. The molecule has 104 valence electrons. The summed E-state index contributed by atoms with van der Waals surface area (Å²) in [5.74, 6) is -0.336. The molecule has 7 heteroatoms. The highest BCUT2D eigenvalue weighted by Crippen LogP contribution is 2.27. The van der Waals surface area contributed by atoms with Crippen LogP contribution >= 0.6 is 0 Å². The fourth-order valence-electron chi connectivity index (χ4n) is 1.95. The lowest BCUT2D eigenvalue weighted by atomic mass is 10.1. The van der Waals surface area contributed by atoms with Crippen molar-refractivity contribution in [3.63, 3.8) is 0 Å². The SMILES string of the molecule is CN(CCO)C(=O)c1ccc([N+](=O)[O-])c2cccnc12. The average Bonchev–Trinajstić information content (AvgIpc) is 2.45. The number of aliphatic hydroxyl groups is 1.